The summed E-state index contributed by atoms with van der Waals surface area (Å²) in [5.41, 5.74) is 1.27. The molecule has 0 amide bonds. The van der Waals surface area contributed by atoms with Crippen molar-refractivity contribution in [2.45, 2.75) is 26.3 Å². The average molecular weight is 287 g/mol. The van der Waals surface area contributed by atoms with Crippen LogP contribution >= 0.6 is 0 Å². The Balaban J connectivity index is 1.70. The molecule has 0 aliphatic carbocycles. The molecule has 2 aliphatic heterocycles. The summed E-state index contributed by atoms with van der Waals surface area (Å²) < 4.78 is 0. The highest BCUT2D eigenvalue weighted by molar-refractivity contribution is 5.46. The second-order valence-corrected chi connectivity index (χ2v) is 6.66. The first-order valence-electron chi connectivity index (χ1n) is 8.24. The molecule has 0 N–H and O–H groups in total. The zero-order valence-electron chi connectivity index (χ0n) is 13.4. The van der Waals surface area contributed by atoms with Crippen molar-refractivity contribution < 1.29 is 0 Å². The molecule has 4 nitrogen and oxygen atoms in total. The van der Waals surface area contributed by atoms with Gasteiger partial charge in [-0.2, -0.15) is 0 Å². The summed E-state index contributed by atoms with van der Waals surface area (Å²) in [6.45, 7) is 10.2. The highest BCUT2D eigenvalue weighted by atomic mass is 15.3. The average Bonchev–Trinajstić information content (AvgIpc) is 2.50. The normalized spacial score (nSPS) is 25.2. The molecule has 115 valence electrons. The third-order valence-electron chi connectivity index (χ3n) is 4.73. The van der Waals surface area contributed by atoms with Crippen molar-refractivity contribution in [2.24, 2.45) is 5.92 Å². The van der Waals surface area contributed by atoms with Gasteiger partial charge in [-0.25, -0.2) is 4.98 Å². The van der Waals surface area contributed by atoms with Crippen LogP contribution in [0.2, 0.25) is 0 Å². The summed E-state index contributed by atoms with van der Waals surface area (Å²) >= 11 is 0. The summed E-state index contributed by atoms with van der Waals surface area (Å²) in [5.74, 6) is 1.94. The van der Waals surface area contributed by atoms with E-state index in [2.05, 4.69) is 39.7 Å². The van der Waals surface area contributed by atoms with Gasteiger partial charge in [0.1, 0.15) is 5.82 Å². The molecule has 1 unspecified atom stereocenters. The van der Waals surface area contributed by atoms with Gasteiger partial charge < -0.3 is 9.80 Å². The van der Waals surface area contributed by atoms with Gasteiger partial charge >= 0.3 is 0 Å². The predicted molar refractivity (Wildman–Crippen MR) is 86.5 cm³/mol. The first-order valence-corrected chi connectivity index (χ1v) is 8.24. The molecule has 1 aromatic heterocycles. The quantitative estimate of drug-likeness (QED) is 0.846. The van der Waals surface area contributed by atoms with Crippen molar-refractivity contribution in [1.29, 1.82) is 0 Å². The first kappa shape index (κ1) is 14.8. The minimum Gasteiger partial charge on any atom is -0.356 e. The lowest BCUT2D eigenvalue weighted by Gasteiger charge is -2.35. The molecule has 2 saturated heterocycles. The van der Waals surface area contributed by atoms with Crippen molar-refractivity contribution in [3.05, 3.63) is 23.9 Å². The standard InChI is InChI=1S/C17H27N4/c1-15-5-4-8-21(13-15)17-16(6-3-7-18-17)14-20-11-9-19(2)10-12-20/h3,7,15H,4-5,8-14H2,1-2H3. The van der Waals surface area contributed by atoms with Gasteiger partial charge in [-0.05, 0) is 37.9 Å². The van der Waals surface area contributed by atoms with Crippen LogP contribution in [0.1, 0.15) is 25.3 Å². The van der Waals surface area contributed by atoms with Crippen LogP contribution in [0.3, 0.4) is 0 Å². The molecule has 1 radical (unpaired) electrons. The van der Waals surface area contributed by atoms with Crippen molar-refractivity contribution in [1.82, 2.24) is 14.8 Å². The van der Waals surface area contributed by atoms with Crippen molar-refractivity contribution in [2.75, 3.05) is 51.2 Å². The monoisotopic (exact) mass is 287 g/mol. The molecule has 0 saturated carbocycles. The molecule has 1 aromatic rings. The van der Waals surface area contributed by atoms with Crippen molar-refractivity contribution in [3.63, 3.8) is 0 Å². The van der Waals surface area contributed by atoms with E-state index < -0.39 is 0 Å². The van der Waals surface area contributed by atoms with E-state index in [0.717, 1.165) is 51.7 Å². The van der Waals surface area contributed by atoms with Crippen LogP contribution in [-0.4, -0.2) is 61.1 Å². The van der Waals surface area contributed by atoms with E-state index in [1.165, 1.54) is 24.2 Å². The number of hydrogen-bond donors (Lipinski definition) is 0. The lowest BCUT2D eigenvalue weighted by atomic mass is 10.00. The van der Waals surface area contributed by atoms with Gasteiger partial charge in [0.2, 0.25) is 0 Å². The lowest BCUT2D eigenvalue weighted by molar-refractivity contribution is 0.148. The molecule has 0 spiro atoms. The minimum atomic E-state index is 0.775. The maximum atomic E-state index is 4.67. The number of piperazine rings is 1. The van der Waals surface area contributed by atoms with Gasteiger partial charge in [0, 0.05) is 57.6 Å². The minimum absolute atomic E-state index is 0.775. The molecular formula is C17H27N4. The Morgan fingerprint density at radius 2 is 2.05 bits per heavy atom. The number of rotatable bonds is 3. The van der Waals surface area contributed by atoms with Gasteiger partial charge in [0.15, 0.2) is 0 Å². The first-order chi connectivity index (χ1) is 10.2. The third kappa shape index (κ3) is 3.74. The van der Waals surface area contributed by atoms with Gasteiger partial charge in [-0.3, -0.25) is 4.90 Å². The fourth-order valence-electron chi connectivity index (χ4n) is 3.39. The summed E-state index contributed by atoms with van der Waals surface area (Å²) in [4.78, 5) is 12.1. The lowest BCUT2D eigenvalue weighted by Crippen LogP contribution is -2.44. The van der Waals surface area contributed by atoms with Gasteiger partial charge in [-0.1, -0.05) is 6.92 Å². The molecule has 0 aromatic carbocycles. The number of hydrogen-bond acceptors (Lipinski definition) is 4. The summed E-state index contributed by atoms with van der Waals surface area (Å²) in [5, 5.41) is 0. The van der Waals surface area contributed by atoms with E-state index in [4.69, 9.17) is 0 Å². The zero-order valence-corrected chi connectivity index (χ0v) is 13.4. The number of likely N-dealkylation sites (N-methyl/N-ethyl adjacent to an activating group) is 1. The van der Waals surface area contributed by atoms with Crippen molar-refractivity contribution >= 4 is 5.82 Å². The van der Waals surface area contributed by atoms with E-state index in [9.17, 15) is 0 Å². The van der Waals surface area contributed by atoms with Crippen LogP contribution in [-0.2, 0) is 6.54 Å². The Labute approximate surface area is 128 Å². The van der Waals surface area contributed by atoms with E-state index in [1.807, 2.05) is 12.3 Å². The molecule has 2 fully saturated rings. The van der Waals surface area contributed by atoms with Gasteiger partial charge in [0.05, 0.1) is 0 Å². The van der Waals surface area contributed by atoms with E-state index >= 15 is 0 Å². The van der Waals surface area contributed by atoms with Crippen LogP contribution in [0.15, 0.2) is 12.3 Å². The molecule has 21 heavy (non-hydrogen) atoms. The fraction of sp³-hybridized carbons (Fsp3) is 0.706. The van der Waals surface area contributed by atoms with Gasteiger partial charge in [-0.15, -0.1) is 0 Å². The second kappa shape index (κ2) is 6.75. The van der Waals surface area contributed by atoms with E-state index in [-0.39, 0.29) is 0 Å². The number of aromatic nitrogens is 1. The molecule has 0 bridgehead atoms. The number of piperidine rings is 1. The smallest absolute Gasteiger partial charge is 0.133 e. The molecule has 3 heterocycles. The highest BCUT2D eigenvalue weighted by Crippen LogP contribution is 2.25. The Morgan fingerprint density at radius 1 is 1.24 bits per heavy atom. The van der Waals surface area contributed by atoms with Crippen LogP contribution in [0.25, 0.3) is 0 Å². The van der Waals surface area contributed by atoms with Gasteiger partial charge in [0.25, 0.3) is 0 Å². The Hall–Kier alpha value is -1.13. The van der Waals surface area contributed by atoms with Crippen LogP contribution in [0.5, 0.6) is 0 Å². The van der Waals surface area contributed by atoms with Crippen molar-refractivity contribution in [3.8, 4) is 0 Å². The molecule has 3 rings (SSSR count). The molecular weight excluding hydrogens is 260 g/mol. The van der Waals surface area contributed by atoms with Crippen LogP contribution in [0, 0.1) is 12.0 Å². The SMILES string of the molecule is CC1CCCN(c2ncc[c]c2CN2CCN(C)CC2)C1. The molecule has 4 heteroatoms. The number of pyridine rings is 1. The predicted octanol–water partition coefficient (Wildman–Crippen LogP) is 1.87. The number of anilines is 1. The Bertz CT molecular complexity index is 454. The Morgan fingerprint density at radius 3 is 2.81 bits per heavy atom. The summed E-state index contributed by atoms with van der Waals surface area (Å²) in [7, 11) is 2.20. The van der Waals surface area contributed by atoms with Crippen LogP contribution < -0.4 is 4.90 Å². The fourth-order valence-corrected chi connectivity index (χ4v) is 3.39. The molecule has 2 aliphatic rings. The van der Waals surface area contributed by atoms with E-state index in [1.54, 1.807) is 0 Å². The molecule has 1 atom stereocenters. The summed E-state index contributed by atoms with van der Waals surface area (Å²) in [6, 6.07) is 5.41. The van der Waals surface area contributed by atoms with E-state index in [0.29, 0.717) is 0 Å². The number of nitrogens with zero attached hydrogens (tertiary/aromatic N) is 4. The third-order valence-corrected chi connectivity index (χ3v) is 4.73. The maximum absolute atomic E-state index is 4.67. The maximum Gasteiger partial charge on any atom is 0.133 e. The topological polar surface area (TPSA) is 22.6 Å². The van der Waals surface area contributed by atoms with Crippen LogP contribution in [0.4, 0.5) is 5.82 Å². The largest absolute Gasteiger partial charge is 0.356 e. The second-order valence-electron chi connectivity index (χ2n) is 6.66. The Kier molecular flexibility index (Phi) is 4.76. The zero-order chi connectivity index (χ0) is 14.7. The highest BCUT2D eigenvalue weighted by Gasteiger charge is 2.21. The summed E-state index contributed by atoms with van der Waals surface area (Å²) in [6.07, 6.45) is 4.52.